The van der Waals surface area contributed by atoms with E-state index in [0.29, 0.717) is 11.5 Å². The van der Waals surface area contributed by atoms with Gasteiger partial charge in [-0.1, -0.05) is 12.1 Å². The molecule has 3 aromatic heterocycles. The molecule has 0 aliphatic carbocycles. The molecule has 36 heavy (non-hydrogen) atoms. The first-order valence-electron chi connectivity index (χ1n) is 10.5. The number of carbonyl (C=O) groups is 1. The largest absolute Gasteiger partial charge is 0.493 e. The molecule has 0 atom stereocenters. The van der Waals surface area contributed by atoms with E-state index in [4.69, 9.17) is 24.7 Å². The van der Waals surface area contributed by atoms with Crippen LogP contribution in [0.15, 0.2) is 60.0 Å². The molecular formula is C23H21N7O5S. The second-order valence-electron chi connectivity index (χ2n) is 6.82. The van der Waals surface area contributed by atoms with Gasteiger partial charge in [-0.2, -0.15) is 4.98 Å². The number of primary amides is 1. The van der Waals surface area contributed by atoms with E-state index < -0.39 is 5.91 Å². The van der Waals surface area contributed by atoms with Gasteiger partial charge in [-0.25, -0.2) is 24.9 Å². The zero-order valence-electron chi connectivity index (χ0n) is 19.3. The lowest BCUT2D eigenvalue weighted by molar-refractivity contribution is 0.0991. The van der Waals surface area contributed by atoms with E-state index in [2.05, 4.69) is 29.9 Å². The van der Waals surface area contributed by atoms with Gasteiger partial charge in [-0.05, 0) is 24.5 Å². The van der Waals surface area contributed by atoms with Crippen LogP contribution in [-0.4, -0.2) is 62.4 Å². The van der Waals surface area contributed by atoms with Crippen LogP contribution in [0.4, 0.5) is 0 Å². The van der Waals surface area contributed by atoms with Gasteiger partial charge < -0.3 is 24.7 Å². The van der Waals surface area contributed by atoms with E-state index in [-0.39, 0.29) is 48.2 Å². The SMILES string of the molecule is COc1ccccc1Oc1c(OCCOc2ncc(SC)cn2)nc(-c2ncccn2)nc1C(N)=O. The van der Waals surface area contributed by atoms with Crippen molar-refractivity contribution in [2.45, 2.75) is 4.90 Å². The number of hydrogen-bond donors (Lipinski definition) is 1. The molecule has 13 heteroatoms. The maximum atomic E-state index is 12.4. The first kappa shape index (κ1) is 24.6. The summed E-state index contributed by atoms with van der Waals surface area (Å²) in [4.78, 5) is 38.4. The zero-order valence-corrected chi connectivity index (χ0v) is 20.1. The third-order valence-corrected chi connectivity index (χ3v) is 5.19. The van der Waals surface area contributed by atoms with Gasteiger partial charge in [0.15, 0.2) is 23.0 Å². The molecule has 0 spiro atoms. The van der Waals surface area contributed by atoms with Crippen molar-refractivity contribution in [1.29, 1.82) is 0 Å². The summed E-state index contributed by atoms with van der Waals surface area (Å²) in [5, 5.41) is 0. The molecule has 12 nitrogen and oxygen atoms in total. The number of nitrogens with zero attached hydrogens (tertiary/aromatic N) is 6. The van der Waals surface area contributed by atoms with Crippen molar-refractivity contribution in [3.05, 3.63) is 60.8 Å². The van der Waals surface area contributed by atoms with Gasteiger partial charge in [0, 0.05) is 29.7 Å². The predicted molar refractivity (Wildman–Crippen MR) is 129 cm³/mol. The standard InChI is InChI=1S/C23H21N7O5S/c1-32-15-6-3-4-7-16(15)35-18-17(19(24)31)29-21(20-25-8-5-9-26-20)30-22(18)33-10-11-34-23-27-12-14(36-2)13-28-23/h3-9,12-13H,10-11H2,1-2H3,(H2,24,31). The molecule has 184 valence electrons. The topological polar surface area (TPSA) is 157 Å². The summed E-state index contributed by atoms with van der Waals surface area (Å²) in [7, 11) is 1.49. The number of benzene rings is 1. The van der Waals surface area contributed by atoms with Crippen LogP contribution in [0.25, 0.3) is 11.6 Å². The Hall–Kier alpha value is -4.52. The summed E-state index contributed by atoms with van der Waals surface area (Å²) in [6.07, 6.45) is 8.27. The average molecular weight is 508 g/mol. The number of methoxy groups -OCH3 is 1. The molecule has 0 radical (unpaired) electrons. The van der Waals surface area contributed by atoms with E-state index >= 15 is 0 Å². The Morgan fingerprint density at radius 2 is 1.61 bits per heavy atom. The fourth-order valence-corrected chi connectivity index (χ4v) is 3.19. The van der Waals surface area contributed by atoms with Crippen LogP contribution in [0, 0.1) is 0 Å². The maximum Gasteiger partial charge on any atom is 0.316 e. The second-order valence-corrected chi connectivity index (χ2v) is 7.70. The molecule has 0 aliphatic heterocycles. The van der Waals surface area contributed by atoms with Crippen molar-refractivity contribution >= 4 is 17.7 Å². The summed E-state index contributed by atoms with van der Waals surface area (Å²) in [5.41, 5.74) is 5.41. The molecule has 4 aromatic rings. The number of ether oxygens (including phenoxy) is 4. The molecule has 0 saturated heterocycles. The quantitative estimate of drug-likeness (QED) is 0.234. The Morgan fingerprint density at radius 3 is 2.28 bits per heavy atom. The molecule has 0 bridgehead atoms. The van der Waals surface area contributed by atoms with Crippen molar-refractivity contribution in [2.24, 2.45) is 5.73 Å². The lowest BCUT2D eigenvalue weighted by Crippen LogP contribution is -2.18. The predicted octanol–water partition coefficient (Wildman–Crippen LogP) is 2.80. The third kappa shape index (κ3) is 5.93. The van der Waals surface area contributed by atoms with E-state index in [0.717, 1.165) is 4.90 Å². The molecule has 1 amide bonds. The summed E-state index contributed by atoms with van der Waals surface area (Å²) in [6, 6.07) is 8.70. The molecule has 0 aliphatic rings. The molecule has 0 unspecified atom stereocenters. The molecule has 1 aromatic carbocycles. The minimum atomic E-state index is -0.858. The highest BCUT2D eigenvalue weighted by molar-refractivity contribution is 7.98. The molecule has 0 fully saturated rings. The first-order valence-corrected chi connectivity index (χ1v) is 11.7. The van der Waals surface area contributed by atoms with E-state index in [1.807, 2.05) is 6.26 Å². The lowest BCUT2D eigenvalue weighted by Gasteiger charge is -2.16. The van der Waals surface area contributed by atoms with Crippen molar-refractivity contribution in [3.63, 3.8) is 0 Å². The zero-order chi connectivity index (χ0) is 25.3. The molecule has 2 N–H and O–H groups in total. The van der Waals surface area contributed by atoms with Gasteiger partial charge >= 0.3 is 6.01 Å². The number of rotatable bonds is 11. The minimum absolute atomic E-state index is 0.0141. The number of nitrogens with two attached hydrogens (primary N) is 1. The summed E-state index contributed by atoms with van der Waals surface area (Å²) in [6.45, 7) is 0.0972. The first-order chi connectivity index (χ1) is 17.6. The molecule has 0 saturated carbocycles. The fourth-order valence-electron chi connectivity index (χ4n) is 2.87. The summed E-state index contributed by atoms with van der Waals surface area (Å²) < 4.78 is 22.7. The van der Waals surface area contributed by atoms with E-state index in [9.17, 15) is 4.79 Å². The van der Waals surface area contributed by atoms with E-state index in [1.54, 1.807) is 42.7 Å². The Morgan fingerprint density at radius 1 is 0.917 bits per heavy atom. The number of hydrogen-bond acceptors (Lipinski definition) is 12. The Balaban J connectivity index is 1.64. The molecular weight excluding hydrogens is 486 g/mol. The van der Waals surface area contributed by atoms with Gasteiger partial charge in [-0.15, -0.1) is 11.8 Å². The highest BCUT2D eigenvalue weighted by atomic mass is 32.2. The average Bonchev–Trinajstić information content (AvgIpc) is 2.92. The van der Waals surface area contributed by atoms with Crippen LogP contribution in [0.5, 0.6) is 29.1 Å². The third-order valence-electron chi connectivity index (χ3n) is 4.51. The Labute approximate surface area is 210 Å². The fraction of sp³-hybridized carbons (Fsp3) is 0.174. The van der Waals surface area contributed by atoms with Crippen LogP contribution < -0.4 is 24.7 Å². The minimum Gasteiger partial charge on any atom is -0.493 e. The van der Waals surface area contributed by atoms with E-state index in [1.165, 1.54) is 31.3 Å². The summed E-state index contributed by atoms with van der Waals surface area (Å²) in [5.74, 6) is -0.0814. The Bertz CT molecular complexity index is 1330. The second kappa shape index (κ2) is 11.8. The normalized spacial score (nSPS) is 10.5. The van der Waals surface area contributed by atoms with Crippen molar-refractivity contribution in [2.75, 3.05) is 26.6 Å². The van der Waals surface area contributed by atoms with Crippen LogP contribution >= 0.6 is 11.8 Å². The van der Waals surface area contributed by atoms with Crippen molar-refractivity contribution < 1.29 is 23.7 Å². The van der Waals surface area contributed by atoms with Crippen LogP contribution in [0.1, 0.15) is 10.5 Å². The smallest absolute Gasteiger partial charge is 0.316 e. The monoisotopic (exact) mass is 507 g/mol. The van der Waals surface area contributed by atoms with Crippen LogP contribution in [-0.2, 0) is 0 Å². The highest BCUT2D eigenvalue weighted by Crippen LogP contribution is 2.38. The number of amides is 1. The highest BCUT2D eigenvalue weighted by Gasteiger charge is 2.24. The van der Waals surface area contributed by atoms with Gasteiger partial charge in [0.2, 0.25) is 11.6 Å². The number of thioether (sulfide) groups is 1. The van der Waals surface area contributed by atoms with Crippen molar-refractivity contribution in [1.82, 2.24) is 29.9 Å². The van der Waals surface area contributed by atoms with Gasteiger partial charge in [0.25, 0.3) is 11.8 Å². The summed E-state index contributed by atoms with van der Waals surface area (Å²) >= 11 is 1.52. The Kier molecular flexibility index (Phi) is 8.03. The molecule has 4 rings (SSSR count). The van der Waals surface area contributed by atoms with Crippen LogP contribution in [0.2, 0.25) is 0 Å². The van der Waals surface area contributed by atoms with Gasteiger partial charge in [0.05, 0.1) is 7.11 Å². The van der Waals surface area contributed by atoms with Gasteiger partial charge in [0.1, 0.15) is 13.2 Å². The van der Waals surface area contributed by atoms with Crippen molar-refractivity contribution in [3.8, 4) is 40.8 Å². The molecule has 3 heterocycles. The maximum absolute atomic E-state index is 12.4. The van der Waals surface area contributed by atoms with Crippen LogP contribution in [0.3, 0.4) is 0 Å². The number of para-hydroxylation sites is 2. The number of carbonyl (C=O) groups excluding carboxylic acids is 1. The number of aromatic nitrogens is 6. The van der Waals surface area contributed by atoms with Gasteiger partial charge in [-0.3, -0.25) is 4.79 Å². The lowest BCUT2D eigenvalue weighted by atomic mass is 10.3.